The fraction of sp³-hybridized carbons (Fsp3) is 1.00. The molecular weight excluding hydrogens is 160 g/mol. The monoisotopic (exact) mass is 168 g/mol. The van der Waals surface area contributed by atoms with Crippen LogP contribution < -0.4 is 0 Å². The number of aliphatic hydroxyl groups is 1. The highest BCUT2D eigenvalue weighted by atomic mass is 32.2. The second-order valence-corrected chi connectivity index (χ2v) is 2.94. The van der Waals surface area contributed by atoms with Crippen molar-refractivity contribution in [2.45, 2.75) is 6.42 Å². The first kappa shape index (κ1) is 11.8. The van der Waals surface area contributed by atoms with Gasteiger partial charge >= 0.3 is 0 Å². The van der Waals surface area contributed by atoms with E-state index in [0.29, 0.717) is 0 Å². The van der Waals surface area contributed by atoms with E-state index in [4.69, 9.17) is 9.66 Å². The van der Waals surface area contributed by atoms with Crippen LogP contribution in [0, 0.1) is 0 Å². The van der Waals surface area contributed by atoms with Gasteiger partial charge in [-0.2, -0.15) is 8.42 Å². The van der Waals surface area contributed by atoms with Crippen molar-refractivity contribution in [3.63, 3.8) is 0 Å². The van der Waals surface area contributed by atoms with E-state index in [1.807, 2.05) is 0 Å². The predicted octanol–water partition coefficient (Wildman–Crippen LogP) is -1.12. The van der Waals surface area contributed by atoms with Gasteiger partial charge in [-0.15, -0.1) is 0 Å². The van der Waals surface area contributed by atoms with Crippen LogP contribution in [0.3, 0.4) is 0 Å². The molecule has 0 aromatic heterocycles. The van der Waals surface area contributed by atoms with Crippen LogP contribution in [-0.2, 0) is 10.1 Å². The Morgan fingerprint density at radius 3 is 1.89 bits per heavy atom. The fourth-order valence-corrected chi connectivity index (χ4v) is 0.741. The van der Waals surface area contributed by atoms with Crippen molar-refractivity contribution in [3.8, 4) is 0 Å². The molecule has 0 aliphatic carbocycles. The average molecular weight is 168 g/mol. The van der Waals surface area contributed by atoms with E-state index in [2.05, 4.69) is 0 Å². The normalized spacial score (nSPS) is 10.4. The first-order valence-corrected chi connectivity index (χ1v) is 3.73. The number of hydrogen-bond acceptors (Lipinski definition) is 3. The zero-order valence-corrected chi connectivity index (χ0v) is 6.56. The van der Waals surface area contributed by atoms with E-state index in [-0.39, 0.29) is 29.7 Å². The Hall–Kier alpha value is 0.0869. The van der Waals surface area contributed by atoms with Crippen LogP contribution in [-0.4, -0.2) is 41.4 Å². The van der Waals surface area contributed by atoms with Gasteiger partial charge in [-0.05, 0) is 6.42 Å². The third-order valence-electron chi connectivity index (χ3n) is 0.560. The Labute approximate surface area is 58.7 Å². The molecule has 0 spiro atoms. The second kappa shape index (κ2) is 4.92. The molecular formula is C3H8O4SSi. The zero-order valence-electron chi connectivity index (χ0n) is 4.74. The van der Waals surface area contributed by atoms with Crippen molar-refractivity contribution >= 4 is 21.1 Å². The van der Waals surface area contributed by atoms with Crippen molar-refractivity contribution in [1.82, 2.24) is 0 Å². The minimum Gasteiger partial charge on any atom is -0.396 e. The van der Waals surface area contributed by atoms with Gasteiger partial charge in [-0.25, -0.2) is 0 Å². The summed E-state index contributed by atoms with van der Waals surface area (Å²) >= 11 is 0. The summed E-state index contributed by atoms with van der Waals surface area (Å²) in [6.07, 6.45) is 0.0961. The molecule has 0 aromatic rings. The Morgan fingerprint density at radius 1 is 1.33 bits per heavy atom. The van der Waals surface area contributed by atoms with Crippen molar-refractivity contribution in [2.75, 3.05) is 12.4 Å². The Morgan fingerprint density at radius 2 is 1.78 bits per heavy atom. The van der Waals surface area contributed by atoms with Crippen molar-refractivity contribution in [1.29, 1.82) is 0 Å². The molecule has 54 valence electrons. The maximum absolute atomic E-state index is 9.83. The third kappa shape index (κ3) is 11.6. The van der Waals surface area contributed by atoms with Gasteiger partial charge in [-0.3, -0.25) is 4.55 Å². The van der Waals surface area contributed by atoms with Crippen LogP contribution in [0.2, 0.25) is 0 Å². The molecule has 0 bridgehead atoms. The van der Waals surface area contributed by atoms with Crippen LogP contribution in [0.4, 0.5) is 0 Å². The van der Waals surface area contributed by atoms with E-state index in [1.54, 1.807) is 0 Å². The molecule has 0 fully saturated rings. The van der Waals surface area contributed by atoms with E-state index < -0.39 is 10.1 Å². The first-order chi connectivity index (χ1) is 3.56. The fourth-order valence-electron chi connectivity index (χ4n) is 0.247. The summed E-state index contributed by atoms with van der Waals surface area (Å²) < 4.78 is 27.7. The molecule has 0 atom stereocenters. The van der Waals surface area contributed by atoms with Crippen LogP contribution in [0.15, 0.2) is 0 Å². The van der Waals surface area contributed by atoms with E-state index in [9.17, 15) is 8.42 Å². The lowest BCUT2D eigenvalue weighted by atomic mass is 10.5. The first-order valence-electron chi connectivity index (χ1n) is 2.12. The molecule has 0 aliphatic heterocycles. The molecule has 0 amide bonds. The molecule has 0 aromatic carbocycles. The van der Waals surface area contributed by atoms with Crippen molar-refractivity contribution in [3.05, 3.63) is 0 Å². The summed E-state index contributed by atoms with van der Waals surface area (Å²) in [4.78, 5) is 0. The number of aliphatic hydroxyl groups excluding tert-OH is 1. The number of rotatable bonds is 3. The van der Waals surface area contributed by atoms with Gasteiger partial charge in [0.05, 0.1) is 5.75 Å². The van der Waals surface area contributed by atoms with Crippen molar-refractivity contribution in [2.24, 2.45) is 0 Å². The minimum absolute atomic E-state index is 0. The number of hydrogen-bond donors (Lipinski definition) is 2. The lowest BCUT2D eigenvalue weighted by molar-refractivity contribution is 0.294. The van der Waals surface area contributed by atoms with Gasteiger partial charge in [-0.1, -0.05) is 0 Å². The SMILES string of the molecule is O=S(=O)(O)CCCO.[Si]. The van der Waals surface area contributed by atoms with Gasteiger partial charge < -0.3 is 5.11 Å². The van der Waals surface area contributed by atoms with Crippen LogP contribution in [0.5, 0.6) is 0 Å². The summed E-state index contributed by atoms with van der Waals surface area (Å²) in [7, 11) is -3.85. The molecule has 2 N–H and O–H groups in total. The summed E-state index contributed by atoms with van der Waals surface area (Å²) in [6, 6.07) is 0. The highest BCUT2D eigenvalue weighted by Gasteiger charge is 2.00. The lowest BCUT2D eigenvalue weighted by Crippen LogP contribution is -2.04. The molecule has 0 rings (SSSR count). The Kier molecular flexibility index (Phi) is 6.47. The molecule has 0 unspecified atom stereocenters. The van der Waals surface area contributed by atoms with E-state index in [0.717, 1.165) is 0 Å². The molecule has 6 heteroatoms. The largest absolute Gasteiger partial charge is 0.396 e. The van der Waals surface area contributed by atoms with E-state index in [1.165, 1.54) is 0 Å². The summed E-state index contributed by atoms with van der Waals surface area (Å²) in [5.74, 6) is -0.358. The molecule has 4 nitrogen and oxygen atoms in total. The highest BCUT2D eigenvalue weighted by Crippen LogP contribution is 1.84. The predicted molar refractivity (Wildman–Crippen MR) is 33.9 cm³/mol. The van der Waals surface area contributed by atoms with Crippen LogP contribution >= 0.6 is 0 Å². The lowest BCUT2D eigenvalue weighted by Gasteiger charge is -1.89. The Balaban J connectivity index is 0. The van der Waals surface area contributed by atoms with Gasteiger partial charge in [0, 0.05) is 17.6 Å². The molecule has 0 aliphatic rings. The van der Waals surface area contributed by atoms with Gasteiger partial charge in [0.25, 0.3) is 10.1 Å². The zero-order chi connectivity index (χ0) is 6.62. The smallest absolute Gasteiger partial charge is 0.264 e. The quantitative estimate of drug-likeness (QED) is 0.413. The maximum Gasteiger partial charge on any atom is 0.264 e. The van der Waals surface area contributed by atoms with Crippen LogP contribution in [0.25, 0.3) is 0 Å². The summed E-state index contributed by atoms with van der Waals surface area (Å²) in [5, 5.41) is 8.05. The van der Waals surface area contributed by atoms with Crippen LogP contribution in [0.1, 0.15) is 6.42 Å². The average Bonchev–Trinajstić information content (AvgIpc) is 1.59. The third-order valence-corrected chi connectivity index (χ3v) is 1.36. The standard InChI is InChI=1S/C3H8O4S.Si/c4-2-1-3-8(5,6)7;/h4H,1-3H2,(H,5,6,7);. The molecule has 0 saturated carbocycles. The molecule has 4 radical (unpaired) electrons. The topological polar surface area (TPSA) is 74.6 Å². The Bertz CT molecular complexity index is 140. The van der Waals surface area contributed by atoms with Gasteiger partial charge in [0.2, 0.25) is 0 Å². The van der Waals surface area contributed by atoms with Gasteiger partial charge in [0.15, 0.2) is 0 Å². The van der Waals surface area contributed by atoms with Crippen molar-refractivity contribution < 1.29 is 18.1 Å². The summed E-state index contributed by atoms with van der Waals surface area (Å²) in [6.45, 7) is -0.209. The molecule has 9 heavy (non-hydrogen) atoms. The second-order valence-electron chi connectivity index (χ2n) is 1.36. The van der Waals surface area contributed by atoms with Gasteiger partial charge in [0.1, 0.15) is 0 Å². The highest BCUT2D eigenvalue weighted by molar-refractivity contribution is 7.85. The molecule has 0 saturated heterocycles. The van der Waals surface area contributed by atoms with E-state index >= 15 is 0 Å². The summed E-state index contributed by atoms with van der Waals surface area (Å²) in [5.41, 5.74) is 0. The molecule has 0 heterocycles. The minimum atomic E-state index is -3.85. The maximum atomic E-state index is 9.83.